The van der Waals surface area contributed by atoms with Gasteiger partial charge in [-0.25, -0.2) is 5.48 Å². The number of hydrogen-bond donors (Lipinski definition) is 3. The lowest BCUT2D eigenvalue weighted by molar-refractivity contribution is -0.139. The molecule has 1 atom stereocenters. The molecule has 18 heavy (non-hydrogen) atoms. The van der Waals surface area contributed by atoms with Gasteiger partial charge in [0, 0.05) is 0 Å². The molecule has 98 valence electrons. The van der Waals surface area contributed by atoms with Crippen molar-refractivity contribution in [1.82, 2.24) is 10.8 Å². The number of amides is 3. The van der Waals surface area contributed by atoms with E-state index in [0.717, 1.165) is 0 Å². The molecule has 0 fully saturated rings. The first-order valence-electron chi connectivity index (χ1n) is 5.05. The molecule has 0 saturated heterocycles. The Hall–Kier alpha value is -1.93. The minimum Gasteiger partial charge on any atom is -0.368 e. The predicted molar refractivity (Wildman–Crippen MR) is 64.5 cm³/mol. The normalized spacial score (nSPS) is 11.6. The standard InChI is InChI=1S/C10H13N3O4S/c1-6(9(15)13-17-5-8(11)14)12-10(16)7-3-2-4-18-7/h2-4,6H,5H2,1H3,(H2,11,14)(H,12,16)(H,13,15). The maximum absolute atomic E-state index is 11.6. The molecule has 0 aromatic carbocycles. The molecule has 0 aliphatic carbocycles. The van der Waals surface area contributed by atoms with Crippen LogP contribution in [0.4, 0.5) is 0 Å². The minimum atomic E-state index is -0.785. The van der Waals surface area contributed by atoms with Crippen molar-refractivity contribution in [1.29, 1.82) is 0 Å². The maximum Gasteiger partial charge on any atom is 0.265 e. The van der Waals surface area contributed by atoms with Crippen LogP contribution < -0.4 is 16.5 Å². The Labute approximate surface area is 107 Å². The lowest BCUT2D eigenvalue weighted by atomic mass is 10.3. The molecule has 0 bridgehead atoms. The van der Waals surface area contributed by atoms with Crippen LogP contribution in [0.25, 0.3) is 0 Å². The molecule has 3 amide bonds. The highest BCUT2D eigenvalue weighted by Gasteiger charge is 2.17. The van der Waals surface area contributed by atoms with Crippen molar-refractivity contribution < 1.29 is 19.2 Å². The third kappa shape index (κ3) is 4.52. The summed E-state index contributed by atoms with van der Waals surface area (Å²) in [5, 5.41) is 4.24. The van der Waals surface area contributed by atoms with Crippen LogP contribution in [-0.4, -0.2) is 30.4 Å². The zero-order chi connectivity index (χ0) is 13.5. The molecule has 1 unspecified atom stereocenters. The second-order valence-corrected chi connectivity index (χ2v) is 4.34. The van der Waals surface area contributed by atoms with Gasteiger partial charge in [0.15, 0.2) is 6.61 Å². The van der Waals surface area contributed by atoms with Gasteiger partial charge in [0.05, 0.1) is 4.88 Å². The Morgan fingerprint density at radius 3 is 2.78 bits per heavy atom. The number of primary amides is 1. The van der Waals surface area contributed by atoms with Gasteiger partial charge >= 0.3 is 0 Å². The summed E-state index contributed by atoms with van der Waals surface area (Å²) in [7, 11) is 0. The Bertz CT molecular complexity index is 432. The van der Waals surface area contributed by atoms with E-state index in [4.69, 9.17) is 5.73 Å². The monoisotopic (exact) mass is 271 g/mol. The molecular formula is C10H13N3O4S. The molecule has 0 saturated carbocycles. The van der Waals surface area contributed by atoms with E-state index in [1.54, 1.807) is 17.5 Å². The van der Waals surface area contributed by atoms with E-state index in [9.17, 15) is 14.4 Å². The van der Waals surface area contributed by atoms with Crippen LogP contribution in [0, 0.1) is 0 Å². The summed E-state index contributed by atoms with van der Waals surface area (Å²) in [6.07, 6.45) is 0. The number of carbonyl (C=O) groups excluding carboxylic acids is 3. The third-order valence-corrected chi connectivity index (χ3v) is 2.74. The number of rotatable bonds is 6. The summed E-state index contributed by atoms with van der Waals surface area (Å²) in [5.74, 6) is -1.62. The highest BCUT2D eigenvalue weighted by Crippen LogP contribution is 2.07. The highest BCUT2D eigenvalue weighted by atomic mass is 32.1. The van der Waals surface area contributed by atoms with Crippen molar-refractivity contribution in [3.05, 3.63) is 22.4 Å². The molecule has 1 aromatic heterocycles. The molecule has 8 heteroatoms. The maximum atomic E-state index is 11.6. The van der Waals surface area contributed by atoms with Gasteiger partial charge in [0.25, 0.3) is 11.8 Å². The fourth-order valence-corrected chi connectivity index (χ4v) is 1.63. The number of nitrogens with one attached hydrogen (secondary N) is 2. The molecule has 0 spiro atoms. The highest BCUT2D eigenvalue weighted by molar-refractivity contribution is 7.12. The van der Waals surface area contributed by atoms with Gasteiger partial charge in [-0.2, -0.15) is 0 Å². The summed E-state index contributed by atoms with van der Waals surface area (Å²) in [4.78, 5) is 38.4. The van der Waals surface area contributed by atoms with Crippen LogP contribution in [0.3, 0.4) is 0 Å². The van der Waals surface area contributed by atoms with Gasteiger partial charge in [-0.15, -0.1) is 11.3 Å². The largest absolute Gasteiger partial charge is 0.368 e. The lowest BCUT2D eigenvalue weighted by Crippen LogP contribution is -2.45. The van der Waals surface area contributed by atoms with Crippen molar-refractivity contribution in [3.8, 4) is 0 Å². The molecular weight excluding hydrogens is 258 g/mol. The predicted octanol–water partition coefficient (Wildman–Crippen LogP) is -0.600. The van der Waals surface area contributed by atoms with E-state index in [-0.39, 0.29) is 5.91 Å². The van der Waals surface area contributed by atoms with Crippen LogP contribution in [0.5, 0.6) is 0 Å². The third-order valence-electron chi connectivity index (χ3n) is 1.87. The van der Waals surface area contributed by atoms with Gasteiger partial charge in [-0.3, -0.25) is 19.2 Å². The Morgan fingerprint density at radius 2 is 2.22 bits per heavy atom. The molecule has 1 rings (SSSR count). The van der Waals surface area contributed by atoms with E-state index in [1.165, 1.54) is 18.3 Å². The van der Waals surface area contributed by atoms with Crippen LogP contribution in [0.1, 0.15) is 16.6 Å². The fraction of sp³-hybridized carbons (Fsp3) is 0.300. The van der Waals surface area contributed by atoms with Gasteiger partial charge < -0.3 is 11.1 Å². The topological polar surface area (TPSA) is 111 Å². The Kier molecular flexibility index (Phi) is 5.28. The number of nitrogens with two attached hydrogens (primary N) is 1. The molecule has 0 radical (unpaired) electrons. The Morgan fingerprint density at radius 1 is 1.50 bits per heavy atom. The minimum absolute atomic E-state index is 0.345. The summed E-state index contributed by atoms with van der Waals surface area (Å²) in [5.41, 5.74) is 6.83. The van der Waals surface area contributed by atoms with Crippen molar-refractivity contribution in [2.75, 3.05) is 6.61 Å². The first-order valence-corrected chi connectivity index (χ1v) is 5.93. The molecule has 4 N–H and O–H groups in total. The SMILES string of the molecule is CC(NC(=O)c1cccs1)C(=O)NOCC(N)=O. The molecule has 7 nitrogen and oxygen atoms in total. The summed E-state index contributed by atoms with van der Waals surface area (Å²) < 4.78 is 0. The van der Waals surface area contributed by atoms with Crippen LogP contribution >= 0.6 is 11.3 Å². The lowest BCUT2D eigenvalue weighted by Gasteiger charge is -2.12. The van der Waals surface area contributed by atoms with Crippen molar-refractivity contribution in [2.45, 2.75) is 13.0 Å². The average Bonchev–Trinajstić information content (AvgIpc) is 2.81. The molecule has 1 heterocycles. The number of carbonyl (C=O) groups is 3. The van der Waals surface area contributed by atoms with Gasteiger partial charge in [0.1, 0.15) is 6.04 Å². The Balaban J connectivity index is 2.35. The zero-order valence-corrected chi connectivity index (χ0v) is 10.5. The summed E-state index contributed by atoms with van der Waals surface area (Å²) in [6.45, 7) is 1.08. The molecule has 1 aromatic rings. The van der Waals surface area contributed by atoms with Crippen LogP contribution in [0.2, 0.25) is 0 Å². The van der Waals surface area contributed by atoms with Crippen molar-refractivity contribution >= 4 is 29.1 Å². The first-order chi connectivity index (χ1) is 8.50. The van der Waals surface area contributed by atoms with Gasteiger partial charge in [0.2, 0.25) is 5.91 Å². The van der Waals surface area contributed by atoms with Crippen LogP contribution in [-0.2, 0) is 14.4 Å². The average molecular weight is 271 g/mol. The quantitative estimate of drug-likeness (QED) is 0.600. The van der Waals surface area contributed by atoms with Crippen molar-refractivity contribution in [2.24, 2.45) is 5.73 Å². The second-order valence-electron chi connectivity index (χ2n) is 3.39. The smallest absolute Gasteiger partial charge is 0.265 e. The van der Waals surface area contributed by atoms with Crippen molar-refractivity contribution in [3.63, 3.8) is 0 Å². The van der Waals surface area contributed by atoms with Crippen LogP contribution in [0.15, 0.2) is 17.5 Å². The van der Waals surface area contributed by atoms with Gasteiger partial charge in [-0.05, 0) is 18.4 Å². The summed E-state index contributed by atoms with van der Waals surface area (Å²) in [6, 6.07) is 2.60. The van der Waals surface area contributed by atoms with Gasteiger partial charge in [-0.1, -0.05) is 6.07 Å². The summed E-state index contributed by atoms with van der Waals surface area (Å²) >= 11 is 1.27. The van der Waals surface area contributed by atoms with E-state index >= 15 is 0 Å². The molecule has 0 aliphatic heterocycles. The van der Waals surface area contributed by atoms with E-state index in [1.807, 2.05) is 5.48 Å². The number of hydrogen-bond acceptors (Lipinski definition) is 5. The molecule has 0 aliphatic rings. The van der Waals surface area contributed by atoms with E-state index in [0.29, 0.717) is 4.88 Å². The number of hydroxylamine groups is 1. The first kappa shape index (κ1) is 14.1. The second kappa shape index (κ2) is 6.72. The van der Waals surface area contributed by atoms with E-state index in [2.05, 4.69) is 10.2 Å². The number of thiophene rings is 1. The fourth-order valence-electron chi connectivity index (χ4n) is 1.01. The van der Waals surface area contributed by atoms with E-state index < -0.39 is 24.5 Å². The zero-order valence-electron chi connectivity index (χ0n) is 9.64.